The van der Waals surface area contributed by atoms with Gasteiger partial charge in [-0.1, -0.05) is 146 Å². The highest BCUT2D eigenvalue weighted by Crippen LogP contribution is 2.45. The van der Waals surface area contributed by atoms with Crippen LogP contribution < -0.4 is 0 Å². The molecule has 10 rings (SSSR count). The predicted molar refractivity (Wildman–Crippen MR) is 222 cm³/mol. The number of nitrogens with zero attached hydrogens (tertiary/aromatic N) is 5. The van der Waals surface area contributed by atoms with Gasteiger partial charge < -0.3 is 0 Å². The van der Waals surface area contributed by atoms with Gasteiger partial charge in [-0.2, -0.15) is 0 Å². The minimum atomic E-state index is 0.609. The first-order chi connectivity index (χ1) is 26.6. The summed E-state index contributed by atoms with van der Waals surface area (Å²) in [6, 6.07) is 56.2. The molecule has 0 aliphatic rings. The van der Waals surface area contributed by atoms with E-state index in [4.69, 9.17) is 24.9 Å². The Morgan fingerprint density at radius 2 is 0.667 bits per heavy atom. The molecule has 0 spiro atoms. The Labute approximate surface area is 312 Å². The summed E-state index contributed by atoms with van der Waals surface area (Å²) in [5, 5.41) is 6.97. The summed E-state index contributed by atoms with van der Waals surface area (Å²) in [5.41, 5.74) is 11.1. The van der Waals surface area contributed by atoms with Gasteiger partial charge in [-0.05, 0) is 53.9 Å². The lowest BCUT2D eigenvalue weighted by Gasteiger charge is -2.21. The third-order valence-electron chi connectivity index (χ3n) is 10.4. The summed E-state index contributed by atoms with van der Waals surface area (Å²) >= 11 is 0. The van der Waals surface area contributed by atoms with E-state index in [0.29, 0.717) is 17.5 Å². The van der Waals surface area contributed by atoms with E-state index < -0.39 is 0 Å². The van der Waals surface area contributed by atoms with E-state index >= 15 is 0 Å². The zero-order valence-corrected chi connectivity index (χ0v) is 29.8. The maximum Gasteiger partial charge on any atom is 0.164 e. The second-order valence-corrected chi connectivity index (χ2v) is 13.7. The van der Waals surface area contributed by atoms with Gasteiger partial charge in [-0.25, -0.2) is 24.9 Å². The number of pyridine rings is 2. The summed E-state index contributed by atoms with van der Waals surface area (Å²) in [6.45, 7) is 4.50. The third kappa shape index (κ3) is 5.21. The molecule has 10 aromatic rings. The average Bonchev–Trinajstić information content (AvgIpc) is 3.25. The normalized spacial score (nSPS) is 11.5. The fourth-order valence-electron chi connectivity index (χ4n) is 7.94. The maximum absolute atomic E-state index is 5.44. The van der Waals surface area contributed by atoms with E-state index in [-0.39, 0.29) is 0 Å². The predicted octanol–water partition coefficient (Wildman–Crippen LogP) is 12.2. The molecule has 0 aliphatic carbocycles. The minimum Gasteiger partial charge on any atom is -0.247 e. The first-order valence-corrected chi connectivity index (χ1v) is 18.2. The molecule has 5 nitrogen and oxygen atoms in total. The van der Waals surface area contributed by atoms with Crippen molar-refractivity contribution in [2.75, 3.05) is 0 Å². The first-order valence-electron chi connectivity index (χ1n) is 18.2. The SMILES string of the molecule is Cc1c2c(-c3cccc(-c4nc(-c5ccccc5)nc(-c5ccccc5)n4)c3)nc3ccccc3c2c(C)c2c(-c3ccccc3)nc3ccccc3c12. The number of hydrogen-bond acceptors (Lipinski definition) is 5. The van der Waals surface area contributed by atoms with Crippen LogP contribution in [0.1, 0.15) is 11.1 Å². The topological polar surface area (TPSA) is 64.5 Å². The van der Waals surface area contributed by atoms with Gasteiger partial charge in [-0.15, -0.1) is 0 Å². The van der Waals surface area contributed by atoms with Gasteiger partial charge in [0.25, 0.3) is 0 Å². The number of para-hydroxylation sites is 2. The Balaban J connectivity index is 1.27. The molecular formula is C49H33N5. The second kappa shape index (κ2) is 12.8. The first kappa shape index (κ1) is 31.6. The van der Waals surface area contributed by atoms with Crippen LogP contribution in [-0.4, -0.2) is 24.9 Å². The van der Waals surface area contributed by atoms with Gasteiger partial charge in [0.15, 0.2) is 17.5 Å². The van der Waals surface area contributed by atoms with Crippen LogP contribution in [0.5, 0.6) is 0 Å². The summed E-state index contributed by atoms with van der Waals surface area (Å²) in [4.78, 5) is 25.8. The van der Waals surface area contributed by atoms with Crippen molar-refractivity contribution in [3.05, 3.63) is 175 Å². The molecule has 0 fully saturated rings. The Morgan fingerprint density at radius 1 is 0.296 bits per heavy atom. The summed E-state index contributed by atoms with van der Waals surface area (Å²) in [5.74, 6) is 1.87. The van der Waals surface area contributed by atoms with Crippen molar-refractivity contribution in [3.8, 4) is 56.7 Å². The van der Waals surface area contributed by atoms with Crippen LogP contribution in [0.15, 0.2) is 164 Å². The molecule has 0 atom stereocenters. The number of benzene rings is 7. The van der Waals surface area contributed by atoms with E-state index in [1.165, 1.54) is 27.3 Å². The molecule has 0 saturated carbocycles. The van der Waals surface area contributed by atoms with E-state index in [1.54, 1.807) is 0 Å². The molecule has 0 unspecified atom stereocenters. The van der Waals surface area contributed by atoms with Gasteiger partial charge in [-0.3, -0.25) is 0 Å². The van der Waals surface area contributed by atoms with E-state index in [1.807, 2.05) is 60.7 Å². The molecule has 0 radical (unpaired) electrons. The van der Waals surface area contributed by atoms with Crippen molar-refractivity contribution < 1.29 is 0 Å². The van der Waals surface area contributed by atoms with Gasteiger partial charge in [0.2, 0.25) is 0 Å². The standard InChI is InChI=1S/C49H33N5/c1-30-42-38-26-13-15-28-40(38)51-46(44(42)31(2)41-37-25-12-14-27-39(37)50-45(43(30)41)32-17-6-3-7-18-32)35-23-16-24-36(29-35)49-53-47(33-19-8-4-9-20-33)52-48(54-49)34-21-10-5-11-22-34/h3-29H,1-2H3. The van der Waals surface area contributed by atoms with E-state index in [2.05, 4.69) is 117 Å². The fourth-order valence-corrected chi connectivity index (χ4v) is 7.94. The van der Waals surface area contributed by atoms with Crippen molar-refractivity contribution in [3.63, 3.8) is 0 Å². The Hall–Kier alpha value is -7.11. The molecule has 0 bridgehead atoms. The highest BCUT2D eigenvalue weighted by atomic mass is 15.0. The van der Waals surface area contributed by atoms with Crippen LogP contribution in [0, 0.1) is 13.8 Å². The third-order valence-corrected chi connectivity index (χ3v) is 10.4. The largest absolute Gasteiger partial charge is 0.247 e. The average molecular weight is 692 g/mol. The molecule has 0 aliphatic heterocycles. The van der Waals surface area contributed by atoms with Crippen LogP contribution >= 0.6 is 0 Å². The second-order valence-electron chi connectivity index (χ2n) is 13.7. The zero-order valence-electron chi connectivity index (χ0n) is 29.8. The number of fused-ring (bicyclic) bond motifs is 6. The number of hydrogen-bond donors (Lipinski definition) is 0. The van der Waals surface area contributed by atoms with Gasteiger partial charge in [0.1, 0.15) is 0 Å². The number of rotatable bonds is 5. The molecule has 0 amide bonds. The Kier molecular flexibility index (Phi) is 7.51. The summed E-state index contributed by atoms with van der Waals surface area (Å²) in [6.07, 6.45) is 0. The quantitative estimate of drug-likeness (QED) is 0.133. The van der Waals surface area contributed by atoms with E-state index in [0.717, 1.165) is 66.4 Å². The van der Waals surface area contributed by atoms with Crippen LogP contribution in [0.2, 0.25) is 0 Å². The van der Waals surface area contributed by atoms with Crippen molar-refractivity contribution >= 4 is 43.4 Å². The highest BCUT2D eigenvalue weighted by molar-refractivity contribution is 6.25. The molecule has 0 N–H and O–H groups in total. The van der Waals surface area contributed by atoms with Gasteiger partial charge in [0.05, 0.1) is 22.4 Å². The van der Waals surface area contributed by atoms with Crippen molar-refractivity contribution in [2.45, 2.75) is 13.8 Å². The van der Waals surface area contributed by atoms with Crippen LogP contribution in [0.4, 0.5) is 0 Å². The molecule has 54 heavy (non-hydrogen) atoms. The summed E-state index contributed by atoms with van der Waals surface area (Å²) < 4.78 is 0. The van der Waals surface area contributed by atoms with Crippen molar-refractivity contribution in [1.29, 1.82) is 0 Å². The molecule has 7 aromatic carbocycles. The van der Waals surface area contributed by atoms with Crippen LogP contribution in [0.25, 0.3) is 100 Å². The number of aryl methyl sites for hydroxylation is 2. The maximum atomic E-state index is 5.44. The molecular weight excluding hydrogens is 659 g/mol. The van der Waals surface area contributed by atoms with Crippen molar-refractivity contribution in [1.82, 2.24) is 24.9 Å². The van der Waals surface area contributed by atoms with Gasteiger partial charge in [0, 0.05) is 49.4 Å². The van der Waals surface area contributed by atoms with Crippen molar-refractivity contribution in [2.24, 2.45) is 0 Å². The van der Waals surface area contributed by atoms with Crippen LogP contribution in [0.3, 0.4) is 0 Å². The lowest BCUT2D eigenvalue weighted by Crippen LogP contribution is -2.01. The molecule has 3 aromatic heterocycles. The molecule has 5 heteroatoms. The molecule has 254 valence electrons. The van der Waals surface area contributed by atoms with Gasteiger partial charge >= 0.3 is 0 Å². The Morgan fingerprint density at radius 3 is 1.17 bits per heavy atom. The fraction of sp³-hybridized carbons (Fsp3) is 0.0408. The zero-order chi connectivity index (χ0) is 36.2. The Bertz CT molecular complexity index is 2990. The molecule has 0 saturated heterocycles. The monoisotopic (exact) mass is 691 g/mol. The lowest BCUT2D eigenvalue weighted by molar-refractivity contribution is 1.07. The lowest BCUT2D eigenvalue weighted by atomic mass is 9.86. The van der Waals surface area contributed by atoms with Crippen LogP contribution in [-0.2, 0) is 0 Å². The van der Waals surface area contributed by atoms with E-state index in [9.17, 15) is 0 Å². The smallest absolute Gasteiger partial charge is 0.164 e. The minimum absolute atomic E-state index is 0.609. The molecule has 3 heterocycles. The summed E-state index contributed by atoms with van der Waals surface area (Å²) in [7, 11) is 0. The number of aromatic nitrogens is 5. The highest BCUT2D eigenvalue weighted by Gasteiger charge is 2.23.